The van der Waals surface area contributed by atoms with E-state index in [2.05, 4.69) is 26.8 Å². The number of aromatic hydroxyl groups is 1. The normalized spacial score (nSPS) is 10.9. The van der Waals surface area contributed by atoms with Gasteiger partial charge in [0.15, 0.2) is 0 Å². The third-order valence-electron chi connectivity index (χ3n) is 4.16. The van der Waals surface area contributed by atoms with Gasteiger partial charge in [0.05, 0.1) is 0 Å². The highest BCUT2D eigenvalue weighted by atomic mass is 16.3. The first-order valence-electron chi connectivity index (χ1n) is 8.57. The average Bonchev–Trinajstić information content (AvgIpc) is 2.45. The molecule has 1 aromatic carbocycles. The molecule has 114 valence electrons. The van der Waals surface area contributed by atoms with Gasteiger partial charge >= 0.3 is 0 Å². The third-order valence-corrected chi connectivity index (χ3v) is 4.16. The van der Waals surface area contributed by atoms with E-state index in [-0.39, 0.29) is 0 Å². The standard InChI is InChI=1S/C19H32O/c1-4-7-8-9-10-11-13-18-17(12-5-2)16(6-3)14-15-19(18)20/h14-15,20H,4-13H2,1-3H3. The van der Waals surface area contributed by atoms with Crippen LogP contribution in [0.3, 0.4) is 0 Å². The quantitative estimate of drug-likeness (QED) is 0.535. The molecule has 1 N–H and O–H groups in total. The summed E-state index contributed by atoms with van der Waals surface area (Å²) in [5.74, 6) is 0.513. The second-order valence-corrected chi connectivity index (χ2v) is 5.82. The van der Waals surface area contributed by atoms with E-state index < -0.39 is 0 Å². The molecular formula is C19H32O. The van der Waals surface area contributed by atoms with Crippen molar-refractivity contribution in [2.45, 2.75) is 85.0 Å². The predicted molar refractivity (Wildman–Crippen MR) is 88.6 cm³/mol. The van der Waals surface area contributed by atoms with Crippen LogP contribution < -0.4 is 0 Å². The summed E-state index contributed by atoms with van der Waals surface area (Å²) in [7, 11) is 0. The topological polar surface area (TPSA) is 20.2 Å². The highest BCUT2D eigenvalue weighted by Crippen LogP contribution is 2.28. The number of phenolic OH excluding ortho intramolecular Hbond substituents is 1. The second kappa shape index (κ2) is 9.85. The fourth-order valence-electron chi connectivity index (χ4n) is 2.98. The number of benzene rings is 1. The summed E-state index contributed by atoms with van der Waals surface area (Å²) in [6.07, 6.45) is 12.2. The number of aryl methyl sites for hydroxylation is 1. The fraction of sp³-hybridized carbons (Fsp3) is 0.684. The minimum atomic E-state index is 0.513. The number of hydrogen-bond donors (Lipinski definition) is 1. The third kappa shape index (κ3) is 5.19. The van der Waals surface area contributed by atoms with E-state index in [0.29, 0.717) is 5.75 Å². The van der Waals surface area contributed by atoms with Gasteiger partial charge < -0.3 is 5.11 Å². The molecular weight excluding hydrogens is 244 g/mol. The molecule has 1 nitrogen and oxygen atoms in total. The van der Waals surface area contributed by atoms with Crippen molar-refractivity contribution in [2.24, 2.45) is 0 Å². The zero-order chi connectivity index (χ0) is 14.8. The number of rotatable bonds is 10. The maximum Gasteiger partial charge on any atom is 0.119 e. The van der Waals surface area contributed by atoms with Crippen LogP contribution in [0.15, 0.2) is 12.1 Å². The Kier molecular flexibility index (Phi) is 8.41. The van der Waals surface area contributed by atoms with Gasteiger partial charge in [0.25, 0.3) is 0 Å². The average molecular weight is 276 g/mol. The minimum Gasteiger partial charge on any atom is -0.508 e. The van der Waals surface area contributed by atoms with Gasteiger partial charge in [-0.3, -0.25) is 0 Å². The molecule has 0 unspecified atom stereocenters. The number of hydrogen-bond acceptors (Lipinski definition) is 1. The highest BCUT2D eigenvalue weighted by Gasteiger charge is 2.11. The van der Waals surface area contributed by atoms with Crippen LogP contribution >= 0.6 is 0 Å². The lowest BCUT2D eigenvalue weighted by Crippen LogP contribution is -2.00. The maximum absolute atomic E-state index is 10.2. The van der Waals surface area contributed by atoms with Crippen LogP contribution in [0, 0.1) is 0 Å². The fourth-order valence-corrected chi connectivity index (χ4v) is 2.98. The Morgan fingerprint density at radius 3 is 2.10 bits per heavy atom. The molecule has 0 amide bonds. The molecule has 0 atom stereocenters. The Balaban J connectivity index is 2.62. The molecule has 0 aliphatic carbocycles. The molecule has 0 spiro atoms. The summed E-state index contributed by atoms with van der Waals surface area (Å²) < 4.78 is 0. The van der Waals surface area contributed by atoms with Crippen molar-refractivity contribution in [1.82, 2.24) is 0 Å². The lowest BCUT2D eigenvalue weighted by molar-refractivity contribution is 0.464. The van der Waals surface area contributed by atoms with Crippen LogP contribution in [-0.4, -0.2) is 5.11 Å². The van der Waals surface area contributed by atoms with Gasteiger partial charge in [-0.25, -0.2) is 0 Å². The van der Waals surface area contributed by atoms with Crippen LogP contribution in [0.25, 0.3) is 0 Å². The zero-order valence-corrected chi connectivity index (χ0v) is 13.7. The molecule has 0 heterocycles. The molecule has 20 heavy (non-hydrogen) atoms. The van der Waals surface area contributed by atoms with E-state index in [1.54, 1.807) is 0 Å². The summed E-state index contributed by atoms with van der Waals surface area (Å²) in [4.78, 5) is 0. The SMILES string of the molecule is CCCCCCCCc1c(O)ccc(CC)c1CCC. The van der Waals surface area contributed by atoms with E-state index in [1.165, 1.54) is 55.2 Å². The Morgan fingerprint density at radius 1 is 0.750 bits per heavy atom. The number of unbranched alkanes of at least 4 members (excludes halogenated alkanes) is 5. The molecule has 0 radical (unpaired) electrons. The Morgan fingerprint density at radius 2 is 1.45 bits per heavy atom. The first-order chi connectivity index (χ1) is 9.74. The molecule has 0 aliphatic rings. The molecule has 0 saturated carbocycles. The van der Waals surface area contributed by atoms with Crippen molar-refractivity contribution in [3.8, 4) is 5.75 Å². The van der Waals surface area contributed by atoms with Crippen molar-refractivity contribution in [1.29, 1.82) is 0 Å². The molecule has 0 aliphatic heterocycles. The molecule has 0 fully saturated rings. The van der Waals surface area contributed by atoms with E-state index in [4.69, 9.17) is 0 Å². The van der Waals surface area contributed by atoms with E-state index in [9.17, 15) is 5.11 Å². The highest BCUT2D eigenvalue weighted by molar-refractivity contribution is 5.44. The van der Waals surface area contributed by atoms with Crippen LogP contribution in [0.4, 0.5) is 0 Å². The summed E-state index contributed by atoms with van der Waals surface area (Å²) in [5.41, 5.74) is 4.07. The molecule has 0 saturated heterocycles. The van der Waals surface area contributed by atoms with Crippen LogP contribution in [0.2, 0.25) is 0 Å². The van der Waals surface area contributed by atoms with Crippen LogP contribution in [0.5, 0.6) is 5.75 Å². The van der Waals surface area contributed by atoms with Crippen molar-refractivity contribution >= 4 is 0 Å². The number of phenols is 1. The summed E-state index contributed by atoms with van der Waals surface area (Å²) in [6, 6.07) is 4.00. The molecule has 0 aromatic heterocycles. The van der Waals surface area contributed by atoms with Crippen LogP contribution in [-0.2, 0) is 19.3 Å². The minimum absolute atomic E-state index is 0.513. The van der Waals surface area contributed by atoms with Gasteiger partial charge in [0.1, 0.15) is 5.75 Å². The van der Waals surface area contributed by atoms with Crippen LogP contribution in [0.1, 0.15) is 82.4 Å². The predicted octanol–water partition coefficient (Wildman–Crippen LogP) is 5.81. The smallest absolute Gasteiger partial charge is 0.119 e. The summed E-state index contributed by atoms with van der Waals surface area (Å²) >= 11 is 0. The van der Waals surface area contributed by atoms with E-state index >= 15 is 0 Å². The maximum atomic E-state index is 10.2. The van der Waals surface area contributed by atoms with Gasteiger partial charge in [-0.15, -0.1) is 0 Å². The van der Waals surface area contributed by atoms with Gasteiger partial charge in [0, 0.05) is 0 Å². The lowest BCUT2D eigenvalue weighted by atomic mass is 9.91. The van der Waals surface area contributed by atoms with Gasteiger partial charge in [0.2, 0.25) is 0 Å². The van der Waals surface area contributed by atoms with E-state index in [1.807, 2.05) is 6.07 Å². The Hall–Kier alpha value is -0.980. The van der Waals surface area contributed by atoms with E-state index in [0.717, 1.165) is 25.7 Å². The first-order valence-corrected chi connectivity index (χ1v) is 8.57. The van der Waals surface area contributed by atoms with Crippen molar-refractivity contribution in [2.75, 3.05) is 0 Å². The lowest BCUT2D eigenvalue weighted by Gasteiger charge is -2.15. The zero-order valence-electron chi connectivity index (χ0n) is 13.7. The van der Waals surface area contributed by atoms with Crippen molar-refractivity contribution < 1.29 is 5.11 Å². The van der Waals surface area contributed by atoms with Crippen molar-refractivity contribution in [3.63, 3.8) is 0 Å². The van der Waals surface area contributed by atoms with Gasteiger partial charge in [-0.2, -0.15) is 0 Å². The molecule has 1 aromatic rings. The van der Waals surface area contributed by atoms with Gasteiger partial charge in [-0.1, -0.05) is 65.4 Å². The molecule has 1 heteroatoms. The summed E-state index contributed by atoms with van der Waals surface area (Å²) in [5, 5.41) is 10.2. The molecule has 0 bridgehead atoms. The molecule has 1 rings (SSSR count). The Bertz CT molecular complexity index is 382. The first kappa shape index (κ1) is 17.1. The van der Waals surface area contributed by atoms with Crippen molar-refractivity contribution in [3.05, 3.63) is 28.8 Å². The Labute approximate surface area is 125 Å². The second-order valence-electron chi connectivity index (χ2n) is 5.82. The summed E-state index contributed by atoms with van der Waals surface area (Å²) in [6.45, 7) is 6.68. The largest absolute Gasteiger partial charge is 0.508 e. The monoisotopic (exact) mass is 276 g/mol. The van der Waals surface area contributed by atoms with Gasteiger partial charge in [-0.05, 0) is 48.4 Å².